The van der Waals surface area contributed by atoms with Gasteiger partial charge in [-0.25, -0.2) is 9.97 Å². The average Bonchev–Trinajstić information content (AvgIpc) is 2.59. The van der Waals surface area contributed by atoms with Gasteiger partial charge in [-0.3, -0.25) is 4.79 Å². The summed E-state index contributed by atoms with van der Waals surface area (Å²) in [6.07, 6.45) is 0. The van der Waals surface area contributed by atoms with Crippen LogP contribution < -0.4 is 5.32 Å². The maximum absolute atomic E-state index is 12.1. The molecule has 0 aliphatic rings. The van der Waals surface area contributed by atoms with Gasteiger partial charge in [-0.15, -0.1) is 0 Å². The zero-order valence-electron chi connectivity index (χ0n) is 15.5. The SMILES string of the molecule is Cc1cccc(-c2nc(SCC(=O)NC(C)C)c3cc(C)ccc3n2)c1. The molecule has 1 aromatic heterocycles. The number of carbonyl (C=O) groups is 1. The molecule has 0 saturated carbocycles. The summed E-state index contributed by atoms with van der Waals surface area (Å²) in [6.45, 7) is 8.03. The third kappa shape index (κ3) is 4.41. The number of amides is 1. The van der Waals surface area contributed by atoms with Crippen molar-refractivity contribution in [3.8, 4) is 11.4 Å². The number of nitrogens with one attached hydrogen (secondary N) is 1. The predicted octanol–water partition coefficient (Wildman–Crippen LogP) is 4.53. The highest BCUT2D eigenvalue weighted by atomic mass is 32.2. The molecule has 2 aromatic carbocycles. The number of benzene rings is 2. The number of thioether (sulfide) groups is 1. The van der Waals surface area contributed by atoms with E-state index in [9.17, 15) is 4.79 Å². The van der Waals surface area contributed by atoms with Crippen molar-refractivity contribution in [2.75, 3.05) is 5.75 Å². The Labute approximate surface area is 158 Å². The number of fused-ring (bicyclic) bond motifs is 1. The maximum atomic E-state index is 12.1. The fourth-order valence-corrected chi connectivity index (χ4v) is 3.56. The first-order valence-corrected chi connectivity index (χ1v) is 9.68. The first-order valence-electron chi connectivity index (χ1n) is 8.70. The fourth-order valence-electron chi connectivity index (χ4n) is 2.74. The molecule has 1 amide bonds. The van der Waals surface area contributed by atoms with Gasteiger partial charge in [0.25, 0.3) is 0 Å². The molecular formula is C21H23N3OS. The molecule has 0 aliphatic carbocycles. The number of carbonyl (C=O) groups excluding carboxylic acids is 1. The second-order valence-corrected chi connectivity index (χ2v) is 7.72. The topological polar surface area (TPSA) is 54.9 Å². The van der Waals surface area contributed by atoms with Crippen LogP contribution in [0.4, 0.5) is 0 Å². The van der Waals surface area contributed by atoms with E-state index >= 15 is 0 Å². The third-order valence-corrected chi connectivity index (χ3v) is 4.87. The molecule has 1 heterocycles. The van der Waals surface area contributed by atoms with E-state index < -0.39 is 0 Å². The monoisotopic (exact) mass is 365 g/mol. The van der Waals surface area contributed by atoms with Gasteiger partial charge < -0.3 is 5.32 Å². The Morgan fingerprint density at radius 1 is 1.08 bits per heavy atom. The molecule has 4 nitrogen and oxygen atoms in total. The van der Waals surface area contributed by atoms with Gasteiger partial charge in [-0.1, -0.05) is 47.2 Å². The Hall–Kier alpha value is -2.40. The third-order valence-electron chi connectivity index (χ3n) is 3.88. The molecule has 1 N–H and O–H groups in total. The van der Waals surface area contributed by atoms with Crippen molar-refractivity contribution in [3.05, 3.63) is 53.6 Å². The molecule has 3 rings (SSSR count). The highest BCUT2D eigenvalue weighted by molar-refractivity contribution is 8.00. The summed E-state index contributed by atoms with van der Waals surface area (Å²) in [6, 6.07) is 14.4. The van der Waals surface area contributed by atoms with Crippen LogP contribution in [0.15, 0.2) is 47.5 Å². The lowest BCUT2D eigenvalue weighted by Crippen LogP contribution is -2.31. The standard InChI is InChI=1S/C21H23N3OS/c1-13(2)22-19(25)12-26-21-17-11-15(4)8-9-18(17)23-20(24-21)16-7-5-6-14(3)10-16/h5-11,13H,12H2,1-4H3,(H,22,25). The van der Waals surface area contributed by atoms with Crippen LogP contribution in [-0.2, 0) is 4.79 Å². The van der Waals surface area contributed by atoms with E-state index in [-0.39, 0.29) is 11.9 Å². The summed E-state index contributed by atoms with van der Waals surface area (Å²) in [4.78, 5) is 21.6. The van der Waals surface area contributed by atoms with Crippen LogP contribution in [0.25, 0.3) is 22.3 Å². The normalized spacial score (nSPS) is 11.1. The summed E-state index contributed by atoms with van der Waals surface area (Å²) in [5.74, 6) is 1.05. The van der Waals surface area contributed by atoms with Crippen LogP contribution in [-0.4, -0.2) is 27.7 Å². The van der Waals surface area contributed by atoms with Crippen molar-refractivity contribution in [3.63, 3.8) is 0 Å². The molecule has 0 fully saturated rings. The summed E-state index contributed by atoms with van der Waals surface area (Å²) in [7, 11) is 0. The summed E-state index contributed by atoms with van der Waals surface area (Å²) in [5.41, 5.74) is 4.20. The van der Waals surface area contributed by atoms with Gasteiger partial charge in [-0.05, 0) is 45.9 Å². The van der Waals surface area contributed by atoms with Crippen molar-refractivity contribution in [1.82, 2.24) is 15.3 Å². The minimum absolute atomic E-state index is 0.0153. The molecule has 26 heavy (non-hydrogen) atoms. The van der Waals surface area contributed by atoms with Gasteiger partial charge in [-0.2, -0.15) is 0 Å². The molecular weight excluding hydrogens is 342 g/mol. The lowest BCUT2D eigenvalue weighted by Gasteiger charge is -2.11. The first kappa shape index (κ1) is 18.4. The Morgan fingerprint density at radius 3 is 2.58 bits per heavy atom. The Morgan fingerprint density at radius 2 is 1.85 bits per heavy atom. The zero-order chi connectivity index (χ0) is 18.7. The van der Waals surface area contributed by atoms with Gasteiger partial charge in [0.2, 0.25) is 5.91 Å². The molecule has 0 unspecified atom stereocenters. The number of rotatable bonds is 5. The molecule has 3 aromatic rings. The summed E-state index contributed by atoms with van der Waals surface area (Å²) >= 11 is 1.46. The fraction of sp³-hybridized carbons (Fsp3) is 0.286. The van der Waals surface area contributed by atoms with Crippen LogP contribution in [0, 0.1) is 13.8 Å². The minimum Gasteiger partial charge on any atom is -0.353 e. The highest BCUT2D eigenvalue weighted by Gasteiger charge is 2.13. The molecule has 0 spiro atoms. The van der Waals surface area contributed by atoms with E-state index in [1.54, 1.807) is 0 Å². The molecule has 0 atom stereocenters. The molecule has 0 saturated heterocycles. The van der Waals surface area contributed by atoms with E-state index in [0.29, 0.717) is 11.6 Å². The lowest BCUT2D eigenvalue weighted by atomic mass is 10.1. The number of aromatic nitrogens is 2. The lowest BCUT2D eigenvalue weighted by molar-refractivity contribution is -0.119. The van der Waals surface area contributed by atoms with Gasteiger partial charge in [0.15, 0.2) is 5.82 Å². The first-order chi connectivity index (χ1) is 12.4. The Balaban J connectivity index is 2.01. The quantitative estimate of drug-likeness (QED) is 0.533. The van der Waals surface area contributed by atoms with Crippen LogP contribution in [0.2, 0.25) is 0 Å². The van der Waals surface area contributed by atoms with Crippen molar-refractivity contribution in [2.24, 2.45) is 0 Å². The van der Waals surface area contributed by atoms with E-state index in [1.165, 1.54) is 17.3 Å². The van der Waals surface area contributed by atoms with Crippen LogP contribution in [0.5, 0.6) is 0 Å². The summed E-state index contributed by atoms with van der Waals surface area (Å²) < 4.78 is 0. The van der Waals surface area contributed by atoms with E-state index in [1.807, 2.05) is 39.0 Å². The minimum atomic E-state index is 0.0153. The highest BCUT2D eigenvalue weighted by Crippen LogP contribution is 2.29. The number of hydrogen-bond acceptors (Lipinski definition) is 4. The smallest absolute Gasteiger partial charge is 0.230 e. The van der Waals surface area contributed by atoms with Crippen molar-refractivity contribution in [2.45, 2.75) is 38.8 Å². The Kier molecular flexibility index (Phi) is 5.57. The van der Waals surface area contributed by atoms with Gasteiger partial charge in [0.05, 0.1) is 11.3 Å². The van der Waals surface area contributed by atoms with Crippen molar-refractivity contribution < 1.29 is 4.79 Å². The predicted molar refractivity (Wildman–Crippen MR) is 108 cm³/mol. The molecule has 134 valence electrons. The van der Waals surface area contributed by atoms with Crippen molar-refractivity contribution >= 4 is 28.6 Å². The van der Waals surface area contributed by atoms with E-state index in [0.717, 1.165) is 27.1 Å². The second kappa shape index (κ2) is 7.87. The van der Waals surface area contributed by atoms with Crippen LogP contribution in [0.3, 0.4) is 0 Å². The molecule has 5 heteroatoms. The average molecular weight is 366 g/mol. The van der Waals surface area contributed by atoms with Gasteiger partial charge in [0.1, 0.15) is 5.03 Å². The van der Waals surface area contributed by atoms with Crippen LogP contribution in [0.1, 0.15) is 25.0 Å². The summed E-state index contributed by atoms with van der Waals surface area (Å²) in [5, 5.41) is 4.75. The molecule has 0 aliphatic heterocycles. The van der Waals surface area contributed by atoms with Gasteiger partial charge in [0, 0.05) is 17.0 Å². The second-order valence-electron chi connectivity index (χ2n) is 6.75. The number of nitrogens with zero attached hydrogens (tertiary/aromatic N) is 2. The molecule has 0 bridgehead atoms. The van der Waals surface area contributed by atoms with Crippen LogP contribution >= 0.6 is 11.8 Å². The Bertz CT molecular complexity index is 953. The van der Waals surface area contributed by atoms with Gasteiger partial charge >= 0.3 is 0 Å². The number of aryl methyl sites for hydroxylation is 2. The number of hydrogen-bond donors (Lipinski definition) is 1. The maximum Gasteiger partial charge on any atom is 0.230 e. The van der Waals surface area contributed by atoms with E-state index in [2.05, 4.69) is 36.5 Å². The molecule has 0 radical (unpaired) electrons. The largest absolute Gasteiger partial charge is 0.353 e. The zero-order valence-corrected chi connectivity index (χ0v) is 16.4. The van der Waals surface area contributed by atoms with E-state index in [4.69, 9.17) is 9.97 Å². The van der Waals surface area contributed by atoms with Crippen molar-refractivity contribution in [1.29, 1.82) is 0 Å².